The van der Waals surface area contributed by atoms with E-state index in [2.05, 4.69) is 16.8 Å². The van der Waals surface area contributed by atoms with Gasteiger partial charge in [-0.1, -0.05) is 54.1 Å². The minimum atomic E-state index is -2.84. The Bertz CT molecular complexity index is 904. The highest BCUT2D eigenvalue weighted by Gasteiger charge is 2.42. The normalized spacial score (nSPS) is 19.6. The zero-order valence-corrected chi connectivity index (χ0v) is 13.9. The van der Waals surface area contributed by atoms with Crippen LogP contribution in [0.1, 0.15) is 11.1 Å². The van der Waals surface area contributed by atoms with Gasteiger partial charge in [0, 0.05) is 16.3 Å². The monoisotopic (exact) mass is 319 g/mol. The molecule has 0 spiro atoms. The lowest BCUT2D eigenvalue weighted by atomic mass is 10.2. The summed E-state index contributed by atoms with van der Waals surface area (Å²) >= 11 is 0. The predicted octanol–water partition coefficient (Wildman–Crippen LogP) is 4.24. The average Bonchev–Trinajstić information content (AvgIpc) is 2.90. The predicted molar refractivity (Wildman–Crippen MR) is 97.1 cm³/mol. The molecule has 0 amide bonds. The van der Waals surface area contributed by atoms with Crippen molar-refractivity contribution in [1.29, 1.82) is 0 Å². The van der Waals surface area contributed by atoms with Crippen LogP contribution < -0.4 is 15.3 Å². The molecule has 2 nitrogen and oxygen atoms in total. The molecule has 0 N–H and O–H groups in total. The summed E-state index contributed by atoms with van der Waals surface area (Å²) in [4.78, 5) is 0. The number of hydrogen-bond donors (Lipinski definition) is 0. The van der Waals surface area contributed by atoms with Gasteiger partial charge in [-0.15, -0.1) is 0 Å². The van der Waals surface area contributed by atoms with Crippen molar-refractivity contribution in [3.8, 4) is 0 Å². The Morgan fingerprint density at radius 2 is 1.61 bits per heavy atom. The highest BCUT2D eigenvalue weighted by Crippen LogP contribution is 2.55. The number of para-hydroxylation sites is 1. The van der Waals surface area contributed by atoms with Gasteiger partial charge in [0.25, 0.3) is 0 Å². The standard InChI is InChI=1S/C20H18NOP/c1-16-8-7-12-19(14-16)23(22)20-13-6-5-9-17(20)15-21(23)18-10-3-2-4-11-18/h2-14H,15H2,1H3. The Morgan fingerprint density at radius 3 is 2.39 bits per heavy atom. The first-order valence-electron chi connectivity index (χ1n) is 7.78. The lowest BCUT2D eigenvalue weighted by Crippen LogP contribution is -2.24. The van der Waals surface area contributed by atoms with Crippen LogP contribution in [0.3, 0.4) is 0 Å². The summed E-state index contributed by atoms with van der Waals surface area (Å²) in [7, 11) is -2.84. The van der Waals surface area contributed by atoms with Crippen molar-refractivity contribution in [2.75, 3.05) is 4.67 Å². The Labute approximate surface area is 136 Å². The van der Waals surface area contributed by atoms with E-state index in [0.29, 0.717) is 6.54 Å². The van der Waals surface area contributed by atoms with Crippen molar-refractivity contribution in [3.05, 3.63) is 90.0 Å². The second-order valence-corrected chi connectivity index (χ2v) is 8.57. The molecule has 0 aliphatic carbocycles. The van der Waals surface area contributed by atoms with Crippen LogP contribution in [0.5, 0.6) is 0 Å². The summed E-state index contributed by atoms with van der Waals surface area (Å²) in [6.45, 7) is 2.73. The van der Waals surface area contributed by atoms with Gasteiger partial charge in [0.2, 0.25) is 7.29 Å². The van der Waals surface area contributed by atoms with Crippen molar-refractivity contribution >= 4 is 23.6 Å². The molecule has 114 valence electrons. The van der Waals surface area contributed by atoms with Gasteiger partial charge in [-0.3, -0.25) is 4.57 Å². The quantitative estimate of drug-likeness (QED) is 0.658. The van der Waals surface area contributed by atoms with E-state index < -0.39 is 7.29 Å². The zero-order chi connectivity index (χ0) is 15.9. The van der Waals surface area contributed by atoms with Gasteiger partial charge in [-0.2, -0.15) is 0 Å². The third-order valence-corrected chi connectivity index (χ3v) is 7.50. The van der Waals surface area contributed by atoms with Gasteiger partial charge in [-0.25, -0.2) is 0 Å². The summed E-state index contributed by atoms with van der Waals surface area (Å²) in [6.07, 6.45) is 0. The summed E-state index contributed by atoms with van der Waals surface area (Å²) in [6, 6.07) is 26.3. The smallest absolute Gasteiger partial charge is 0.230 e. The molecule has 0 saturated heterocycles. The van der Waals surface area contributed by atoms with Crippen molar-refractivity contribution in [2.45, 2.75) is 13.5 Å². The van der Waals surface area contributed by atoms with Gasteiger partial charge in [0.1, 0.15) is 0 Å². The van der Waals surface area contributed by atoms with E-state index in [0.717, 1.165) is 27.4 Å². The number of benzene rings is 3. The second-order valence-electron chi connectivity index (χ2n) is 5.94. The SMILES string of the molecule is Cc1cccc(P2(=O)c3ccccc3CN2c2ccccc2)c1. The van der Waals surface area contributed by atoms with Crippen LogP contribution in [0.4, 0.5) is 5.69 Å². The van der Waals surface area contributed by atoms with Gasteiger partial charge >= 0.3 is 0 Å². The van der Waals surface area contributed by atoms with Crippen molar-refractivity contribution in [1.82, 2.24) is 0 Å². The molecule has 0 bridgehead atoms. The zero-order valence-electron chi connectivity index (χ0n) is 13.0. The lowest BCUT2D eigenvalue weighted by molar-refractivity contribution is 0.585. The molecular formula is C20H18NOP. The van der Waals surface area contributed by atoms with Gasteiger partial charge in [-0.05, 0) is 42.8 Å². The summed E-state index contributed by atoms with van der Waals surface area (Å²) in [5.41, 5.74) is 3.30. The molecule has 0 saturated carbocycles. The third-order valence-electron chi connectivity index (χ3n) is 4.38. The van der Waals surface area contributed by atoms with E-state index in [1.807, 2.05) is 73.7 Å². The highest BCUT2D eigenvalue weighted by atomic mass is 31.2. The largest absolute Gasteiger partial charge is 0.311 e. The number of hydrogen-bond acceptors (Lipinski definition) is 1. The van der Waals surface area contributed by atoms with E-state index in [1.165, 1.54) is 0 Å². The van der Waals surface area contributed by atoms with Crippen molar-refractivity contribution in [3.63, 3.8) is 0 Å². The molecule has 0 radical (unpaired) electrons. The van der Waals surface area contributed by atoms with Crippen LogP contribution in [0, 0.1) is 6.92 Å². The van der Waals surface area contributed by atoms with Crippen LogP contribution in [0.2, 0.25) is 0 Å². The summed E-state index contributed by atoms with van der Waals surface area (Å²) < 4.78 is 16.3. The molecule has 3 heteroatoms. The van der Waals surface area contributed by atoms with Crippen LogP contribution in [0.25, 0.3) is 0 Å². The lowest BCUT2D eigenvalue weighted by Gasteiger charge is -2.28. The van der Waals surface area contributed by atoms with E-state index in [1.54, 1.807) is 0 Å². The molecule has 23 heavy (non-hydrogen) atoms. The average molecular weight is 319 g/mol. The van der Waals surface area contributed by atoms with E-state index in [-0.39, 0.29) is 0 Å². The van der Waals surface area contributed by atoms with E-state index in [9.17, 15) is 4.57 Å². The molecule has 0 fully saturated rings. The Morgan fingerprint density at radius 1 is 0.870 bits per heavy atom. The van der Waals surface area contributed by atoms with Crippen molar-refractivity contribution < 1.29 is 4.57 Å². The number of fused-ring (bicyclic) bond motifs is 1. The molecular weight excluding hydrogens is 301 g/mol. The van der Waals surface area contributed by atoms with Crippen molar-refractivity contribution in [2.24, 2.45) is 0 Å². The molecule has 1 unspecified atom stereocenters. The topological polar surface area (TPSA) is 20.3 Å². The molecule has 3 aromatic rings. The first-order chi connectivity index (χ1) is 11.2. The third kappa shape index (κ3) is 2.22. The molecule has 1 aliphatic heterocycles. The molecule has 0 aromatic heterocycles. The summed E-state index contributed by atoms with van der Waals surface area (Å²) in [5, 5.41) is 1.88. The van der Waals surface area contributed by atoms with Crippen LogP contribution in [-0.2, 0) is 11.1 Å². The van der Waals surface area contributed by atoms with Crippen LogP contribution in [0.15, 0.2) is 78.9 Å². The number of aryl methyl sites for hydroxylation is 1. The van der Waals surface area contributed by atoms with E-state index in [4.69, 9.17) is 0 Å². The van der Waals surface area contributed by atoms with Gasteiger partial charge < -0.3 is 4.67 Å². The van der Waals surface area contributed by atoms with Gasteiger partial charge in [0.15, 0.2) is 0 Å². The minimum absolute atomic E-state index is 0.686. The molecule has 4 rings (SSSR count). The maximum absolute atomic E-state index is 14.2. The maximum Gasteiger partial charge on any atom is 0.230 e. The Hall–Kier alpha value is -2.31. The summed E-state index contributed by atoms with van der Waals surface area (Å²) in [5.74, 6) is 0. The second kappa shape index (κ2) is 5.40. The number of rotatable bonds is 2. The fourth-order valence-corrected chi connectivity index (χ4v) is 6.40. The van der Waals surface area contributed by atoms with E-state index >= 15 is 0 Å². The van der Waals surface area contributed by atoms with Crippen LogP contribution in [-0.4, -0.2) is 0 Å². The molecule has 1 aliphatic rings. The fraction of sp³-hybridized carbons (Fsp3) is 0.100. The fourth-order valence-electron chi connectivity index (χ4n) is 3.28. The minimum Gasteiger partial charge on any atom is -0.311 e. The first kappa shape index (κ1) is 14.3. The van der Waals surface area contributed by atoms with Gasteiger partial charge in [0.05, 0.1) is 6.54 Å². The Kier molecular flexibility index (Phi) is 3.36. The molecule has 1 heterocycles. The maximum atomic E-state index is 14.2. The molecule has 1 atom stereocenters. The first-order valence-corrected chi connectivity index (χ1v) is 9.44. The van der Waals surface area contributed by atoms with Crippen LogP contribution >= 0.6 is 7.29 Å². The molecule has 3 aromatic carbocycles. The highest BCUT2D eigenvalue weighted by molar-refractivity contribution is 7.80. The number of nitrogens with zero attached hydrogens (tertiary/aromatic N) is 1. The Balaban J connectivity index is 1.97. The number of anilines is 1.